The van der Waals surface area contributed by atoms with Crippen LogP contribution in [0.4, 0.5) is 0 Å². The molecule has 0 saturated carbocycles. The molecule has 17 heavy (non-hydrogen) atoms. The number of hydrogen-bond acceptors (Lipinski definition) is 4. The summed E-state index contributed by atoms with van der Waals surface area (Å²) in [7, 11) is 0. The number of nitrogens with one attached hydrogen (secondary N) is 1. The molecule has 0 radical (unpaired) electrons. The average molecular weight is 250 g/mol. The first kappa shape index (κ1) is 12.3. The standard InChI is InChI=1S/C12H18N4S/c1-3-5-13-11(12-14-6-7-17-12)10-8-15-16(4-2)9-10/h6-9,11,13H,3-5H2,1-2H3. The topological polar surface area (TPSA) is 42.7 Å². The third-order valence-corrected chi connectivity index (χ3v) is 3.45. The molecule has 2 heterocycles. The Kier molecular flexibility index (Phi) is 4.28. The minimum atomic E-state index is 0.176. The van der Waals surface area contributed by atoms with Crippen molar-refractivity contribution in [1.29, 1.82) is 0 Å². The van der Waals surface area contributed by atoms with Crippen LogP contribution in [0, 0.1) is 0 Å². The van der Waals surface area contributed by atoms with Crippen molar-refractivity contribution in [2.75, 3.05) is 6.54 Å². The summed E-state index contributed by atoms with van der Waals surface area (Å²) in [4.78, 5) is 4.40. The van der Waals surface area contributed by atoms with Crippen LogP contribution in [0.15, 0.2) is 24.0 Å². The molecular weight excluding hydrogens is 232 g/mol. The van der Waals surface area contributed by atoms with Crippen LogP contribution in [0.2, 0.25) is 0 Å². The quantitative estimate of drug-likeness (QED) is 0.856. The fraction of sp³-hybridized carbons (Fsp3) is 0.500. The molecule has 0 aliphatic rings. The fourth-order valence-electron chi connectivity index (χ4n) is 1.72. The Morgan fingerprint density at radius 2 is 2.35 bits per heavy atom. The van der Waals surface area contributed by atoms with E-state index >= 15 is 0 Å². The molecule has 0 aliphatic heterocycles. The largest absolute Gasteiger partial charge is 0.304 e. The van der Waals surface area contributed by atoms with Gasteiger partial charge < -0.3 is 5.32 Å². The summed E-state index contributed by atoms with van der Waals surface area (Å²) < 4.78 is 1.95. The Morgan fingerprint density at radius 3 is 2.94 bits per heavy atom. The second kappa shape index (κ2) is 5.93. The molecule has 1 atom stereocenters. The van der Waals surface area contributed by atoms with Gasteiger partial charge in [-0.05, 0) is 19.9 Å². The maximum atomic E-state index is 4.40. The number of rotatable bonds is 6. The van der Waals surface area contributed by atoms with Crippen LogP contribution >= 0.6 is 11.3 Å². The fourth-order valence-corrected chi connectivity index (χ4v) is 2.45. The molecule has 0 spiro atoms. The molecule has 0 bridgehead atoms. The van der Waals surface area contributed by atoms with Gasteiger partial charge in [0, 0.05) is 29.9 Å². The molecule has 2 rings (SSSR count). The second-order valence-corrected chi connectivity index (χ2v) is 4.81. The van der Waals surface area contributed by atoms with Gasteiger partial charge in [0.1, 0.15) is 5.01 Å². The van der Waals surface area contributed by atoms with Gasteiger partial charge in [-0.15, -0.1) is 11.3 Å². The first-order valence-corrected chi connectivity index (χ1v) is 6.88. The van der Waals surface area contributed by atoms with Gasteiger partial charge in [-0.2, -0.15) is 5.10 Å². The lowest BCUT2D eigenvalue weighted by Gasteiger charge is -2.14. The number of thiazole rings is 1. The predicted molar refractivity (Wildman–Crippen MR) is 70.2 cm³/mol. The first-order chi connectivity index (χ1) is 8.35. The summed E-state index contributed by atoms with van der Waals surface area (Å²) in [6, 6.07) is 0.176. The Morgan fingerprint density at radius 1 is 1.47 bits per heavy atom. The predicted octanol–water partition coefficient (Wildman–Crippen LogP) is 2.45. The Bertz CT molecular complexity index is 435. The highest BCUT2D eigenvalue weighted by Crippen LogP contribution is 2.23. The van der Waals surface area contributed by atoms with Crippen molar-refractivity contribution in [3.63, 3.8) is 0 Å². The minimum Gasteiger partial charge on any atom is -0.304 e. The van der Waals surface area contributed by atoms with E-state index in [0.717, 1.165) is 24.5 Å². The van der Waals surface area contributed by atoms with Gasteiger partial charge in [-0.25, -0.2) is 4.98 Å². The highest BCUT2D eigenvalue weighted by Gasteiger charge is 2.17. The number of hydrogen-bond donors (Lipinski definition) is 1. The van der Waals surface area contributed by atoms with E-state index in [1.54, 1.807) is 11.3 Å². The van der Waals surface area contributed by atoms with Crippen molar-refractivity contribution < 1.29 is 0 Å². The van der Waals surface area contributed by atoms with Gasteiger partial charge in [-0.1, -0.05) is 6.92 Å². The SMILES string of the molecule is CCCNC(c1cnn(CC)c1)c1nccs1. The molecule has 0 aromatic carbocycles. The zero-order chi connectivity index (χ0) is 12.1. The van der Waals surface area contributed by atoms with E-state index in [4.69, 9.17) is 0 Å². The van der Waals surface area contributed by atoms with E-state index < -0.39 is 0 Å². The summed E-state index contributed by atoms with van der Waals surface area (Å²) in [6.07, 6.45) is 6.99. The smallest absolute Gasteiger partial charge is 0.114 e. The van der Waals surface area contributed by atoms with Crippen molar-refractivity contribution >= 4 is 11.3 Å². The summed E-state index contributed by atoms with van der Waals surface area (Å²) in [5.74, 6) is 0. The van der Waals surface area contributed by atoms with Crippen LogP contribution in [0.3, 0.4) is 0 Å². The van der Waals surface area contributed by atoms with Gasteiger partial charge in [-0.3, -0.25) is 4.68 Å². The van der Waals surface area contributed by atoms with Crippen LogP contribution < -0.4 is 5.32 Å². The van der Waals surface area contributed by atoms with Gasteiger partial charge in [0.25, 0.3) is 0 Å². The normalized spacial score (nSPS) is 12.8. The summed E-state index contributed by atoms with van der Waals surface area (Å²) in [5.41, 5.74) is 1.19. The van der Waals surface area contributed by atoms with Crippen LogP contribution in [0.25, 0.3) is 0 Å². The Labute approximate surface area is 106 Å². The molecule has 4 nitrogen and oxygen atoms in total. The van der Waals surface area contributed by atoms with Crippen LogP contribution in [-0.4, -0.2) is 21.3 Å². The maximum Gasteiger partial charge on any atom is 0.114 e. The molecule has 0 aliphatic carbocycles. The van der Waals surface area contributed by atoms with Gasteiger partial charge >= 0.3 is 0 Å². The monoisotopic (exact) mass is 250 g/mol. The molecule has 0 fully saturated rings. The Hall–Kier alpha value is -1.20. The zero-order valence-corrected chi connectivity index (χ0v) is 11.1. The van der Waals surface area contributed by atoms with E-state index in [9.17, 15) is 0 Å². The van der Waals surface area contributed by atoms with E-state index in [-0.39, 0.29) is 6.04 Å². The van der Waals surface area contributed by atoms with Gasteiger partial charge in [0.2, 0.25) is 0 Å². The van der Waals surface area contributed by atoms with Crippen molar-refractivity contribution in [2.45, 2.75) is 32.9 Å². The molecule has 0 amide bonds. The van der Waals surface area contributed by atoms with Crippen molar-refractivity contribution in [3.8, 4) is 0 Å². The van der Waals surface area contributed by atoms with E-state index in [0.29, 0.717) is 0 Å². The zero-order valence-electron chi connectivity index (χ0n) is 10.3. The Balaban J connectivity index is 2.20. The highest BCUT2D eigenvalue weighted by atomic mass is 32.1. The van der Waals surface area contributed by atoms with Crippen molar-refractivity contribution in [2.24, 2.45) is 0 Å². The van der Waals surface area contributed by atoms with E-state index in [1.807, 2.05) is 22.5 Å². The third-order valence-electron chi connectivity index (χ3n) is 2.61. The summed E-state index contributed by atoms with van der Waals surface area (Å²) in [6.45, 7) is 6.15. The molecule has 1 N–H and O–H groups in total. The highest BCUT2D eigenvalue weighted by molar-refractivity contribution is 7.09. The van der Waals surface area contributed by atoms with Crippen LogP contribution in [-0.2, 0) is 6.54 Å². The van der Waals surface area contributed by atoms with Gasteiger partial charge in [0.15, 0.2) is 0 Å². The average Bonchev–Trinajstić information content (AvgIpc) is 3.00. The summed E-state index contributed by atoms with van der Waals surface area (Å²) >= 11 is 1.68. The third kappa shape index (κ3) is 2.92. The molecule has 2 aromatic heterocycles. The molecule has 2 aromatic rings. The minimum absolute atomic E-state index is 0.176. The second-order valence-electron chi connectivity index (χ2n) is 3.89. The molecule has 1 unspecified atom stereocenters. The van der Waals surface area contributed by atoms with Crippen LogP contribution in [0.5, 0.6) is 0 Å². The van der Waals surface area contributed by atoms with E-state index in [1.165, 1.54) is 5.56 Å². The van der Waals surface area contributed by atoms with Crippen molar-refractivity contribution in [1.82, 2.24) is 20.1 Å². The molecule has 5 heteroatoms. The number of aromatic nitrogens is 3. The summed E-state index contributed by atoms with van der Waals surface area (Å²) in [5, 5.41) is 11.0. The van der Waals surface area contributed by atoms with Crippen molar-refractivity contribution in [3.05, 3.63) is 34.5 Å². The maximum absolute atomic E-state index is 4.40. The lowest BCUT2D eigenvalue weighted by molar-refractivity contribution is 0.593. The first-order valence-electron chi connectivity index (χ1n) is 6.00. The molecule has 92 valence electrons. The number of aryl methyl sites for hydroxylation is 1. The van der Waals surface area contributed by atoms with E-state index in [2.05, 4.69) is 35.4 Å². The van der Waals surface area contributed by atoms with Crippen LogP contribution in [0.1, 0.15) is 36.9 Å². The lowest BCUT2D eigenvalue weighted by Crippen LogP contribution is -2.22. The van der Waals surface area contributed by atoms with Gasteiger partial charge in [0.05, 0.1) is 12.2 Å². The lowest BCUT2D eigenvalue weighted by atomic mass is 10.1. The molecule has 0 saturated heterocycles. The molecular formula is C12H18N4S. The number of nitrogens with zero attached hydrogens (tertiary/aromatic N) is 3.